The summed E-state index contributed by atoms with van der Waals surface area (Å²) >= 11 is 0. The van der Waals surface area contributed by atoms with E-state index in [4.69, 9.17) is 0 Å². The molecule has 4 heteroatoms. The number of aliphatic hydroxyl groups excluding tert-OH is 1. The Hall–Kier alpha value is -0.610. The van der Waals surface area contributed by atoms with E-state index in [9.17, 15) is 9.90 Å². The van der Waals surface area contributed by atoms with Crippen molar-refractivity contribution in [2.45, 2.75) is 37.8 Å². The van der Waals surface area contributed by atoms with Gasteiger partial charge in [0, 0.05) is 19.6 Å². The van der Waals surface area contributed by atoms with Crippen LogP contribution in [0, 0.1) is 0 Å². The van der Waals surface area contributed by atoms with E-state index in [0.29, 0.717) is 6.54 Å². The molecule has 2 fully saturated rings. The highest BCUT2D eigenvalue weighted by atomic mass is 16.3. The highest BCUT2D eigenvalue weighted by molar-refractivity contribution is 5.81. The van der Waals surface area contributed by atoms with Gasteiger partial charge in [0.05, 0.1) is 12.1 Å². The van der Waals surface area contributed by atoms with Crippen LogP contribution in [0.25, 0.3) is 0 Å². The van der Waals surface area contributed by atoms with Crippen LogP contribution in [-0.2, 0) is 4.79 Å². The molecule has 2 atom stereocenters. The van der Waals surface area contributed by atoms with Crippen molar-refractivity contribution in [2.24, 2.45) is 0 Å². The van der Waals surface area contributed by atoms with Gasteiger partial charge in [0.25, 0.3) is 0 Å². The summed E-state index contributed by atoms with van der Waals surface area (Å²) in [6.07, 6.45) is 3.71. The van der Waals surface area contributed by atoms with Crippen molar-refractivity contribution in [3.63, 3.8) is 0 Å². The molecule has 1 amide bonds. The highest BCUT2D eigenvalue weighted by Gasteiger charge is 2.31. The Morgan fingerprint density at radius 3 is 2.93 bits per heavy atom. The Kier molecular flexibility index (Phi) is 3.03. The minimum Gasteiger partial charge on any atom is -0.392 e. The predicted octanol–water partition coefficient (Wildman–Crippen LogP) is -0.278. The molecule has 2 aliphatic rings. The molecule has 14 heavy (non-hydrogen) atoms. The third-order valence-electron chi connectivity index (χ3n) is 3.14. The second-order valence-corrected chi connectivity index (χ2v) is 4.24. The van der Waals surface area contributed by atoms with Crippen molar-refractivity contribution in [2.75, 3.05) is 19.6 Å². The number of carbonyl (C=O) groups excluding carboxylic acids is 1. The molecule has 0 aliphatic carbocycles. The van der Waals surface area contributed by atoms with Crippen molar-refractivity contribution in [1.82, 2.24) is 10.2 Å². The van der Waals surface area contributed by atoms with Crippen molar-refractivity contribution in [1.29, 1.82) is 0 Å². The first-order valence-corrected chi connectivity index (χ1v) is 5.47. The molecule has 0 bridgehead atoms. The second-order valence-electron chi connectivity index (χ2n) is 4.24. The topological polar surface area (TPSA) is 52.6 Å². The molecule has 2 heterocycles. The molecule has 2 N–H and O–H groups in total. The summed E-state index contributed by atoms with van der Waals surface area (Å²) < 4.78 is 0. The second kappa shape index (κ2) is 4.28. The lowest BCUT2D eigenvalue weighted by Crippen LogP contribution is -2.45. The smallest absolute Gasteiger partial charge is 0.237 e. The number of β-amino-alcohol motifs (C(OH)–C–C–N with tert-alkyl or cyclic N) is 1. The Balaban J connectivity index is 1.97. The van der Waals surface area contributed by atoms with E-state index in [1.807, 2.05) is 0 Å². The number of likely N-dealkylation sites (tertiary alicyclic amines) is 1. The largest absolute Gasteiger partial charge is 0.392 e. The molecule has 4 nitrogen and oxygen atoms in total. The number of carbonyl (C=O) groups is 1. The first-order valence-electron chi connectivity index (χ1n) is 5.47. The van der Waals surface area contributed by atoms with Crippen LogP contribution < -0.4 is 5.32 Å². The quantitative estimate of drug-likeness (QED) is 0.609. The predicted molar refractivity (Wildman–Crippen MR) is 52.8 cm³/mol. The fourth-order valence-corrected chi connectivity index (χ4v) is 2.32. The van der Waals surface area contributed by atoms with Crippen LogP contribution >= 0.6 is 0 Å². The van der Waals surface area contributed by atoms with Crippen LogP contribution in [0.4, 0.5) is 0 Å². The van der Waals surface area contributed by atoms with Crippen molar-refractivity contribution < 1.29 is 9.90 Å². The normalized spacial score (nSPS) is 35.4. The van der Waals surface area contributed by atoms with E-state index in [1.165, 1.54) is 0 Å². The number of rotatable bonds is 1. The van der Waals surface area contributed by atoms with E-state index in [2.05, 4.69) is 10.2 Å². The molecule has 0 aromatic heterocycles. The van der Waals surface area contributed by atoms with Gasteiger partial charge in [-0.3, -0.25) is 9.69 Å². The molecule has 0 saturated carbocycles. The fourth-order valence-electron chi connectivity index (χ4n) is 2.32. The van der Waals surface area contributed by atoms with Gasteiger partial charge in [-0.2, -0.15) is 0 Å². The summed E-state index contributed by atoms with van der Waals surface area (Å²) in [5.74, 6) is 0.150. The van der Waals surface area contributed by atoms with Gasteiger partial charge in [0.15, 0.2) is 0 Å². The van der Waals surface area contributed by atoms with Crippen LogP contribution in [0.2, 0.25) is 0 Å². The molecule has 2 rings (SSSR count). The molecular weight excluding hydrogens is 180 g/mol. The molecule has 0 aromatic carbocycles. The summed E-state index contributed by atoms with van der Waals surface area (Å²) in [5.41, 5.74) is 0. The molecule has 0 spiro atoms. The minimum absolute atomic E-state index is 0.00894. The van der Waals surface area contributed by atoms with E-state index in [0.717, 1.165) is 38.8 Å². The fraction of sp³-hybridized carbons (Fsp3) is 0.900. The van der Waals surface area contributed by atoms with Crippen molar-refractivity contribution in [3.05, 3.63) is 0 Å². The van der Waals surface area contributed by atoms with Gasteiger partial charge < -0.3 is 10.4 Å². The molecule has 0 aromatic rings. The molecule has 1 unspecified atom stereocenters. The number of hydrogen-bond acceptors (Lipinski definition) is 3. The zero-order valence-corrected chi connectivity index (χ0v) is 8.41. The third kappa shape index (κ3) is 2.07. The third-order valence-corrected chi connectivity index (χ3v) is 3.14. The number of amides is 1. The Labute approximate surface area is 84.3 Å². The number of nitrogens with one attached hydrogen (secondary N) is 1. The van der Waals surface area contributed by atoms with Gasteiger partial charge in [-0.25, -0.2) is 0 Å². The molecule has 2 aliphatic heterocycles. The molecule has 80 valence electrons. The van der Waals surface area contributed by atoms with Crippen LogP contribution in [0.1, 0.15) is 25.7 Å². The van der Waals surface area contributed by atoms with Crippen LogP contribution in [0.3, 0.4) is 0 Å². The maximum absolute atomic E-state index is 11.7. The SMILES string of the molecule is O=C1NCCCCC1N1CC[C@@H](O)C1. The Morgan fingerprint density at radius 2 is 2.21 bits per heavy atom. The lowest BCUT2D eigenvalue weighted by atomic mass is 10.1. The van der Waals surface area contributed by atoms with Gasteiger partial charge >= 0.3 is 0 Å². The zero-order valence-electron chi connectivity index (χ0n) is 8.41. The average molecular weight is 198 g/mol. The first kappa shape index (κ1) is 9.93. The Morgan fingerprint density at radius 1 is 1.36 bits per heavy atom. The summed E-state index contributed by atoms with van der Waals surface area (Å²) in [7, 11) is 0. The van der Waals surface area contributed by atoms with E-state index >= 15 is 0 Å². The van der Waals surface area contributed by atoms with Gasteiger partial charge in [0.1, 0.15) is 0 Å². The van der Waals surface area contributed by atoms with E-state index in [-0.39, 0.29) is 18.1 Å². The van der Waals surface area contributed by atoms with Gasteiger partial charge in [-0.1, -0.05) is 0 Å². The number of nitrogens with zero attached hydrogens (tertiary/aromatic N) is 1. The standard InChI is InChI=1S/C10H18N2O2/c13-8-4-6-12(7-8)9-3-1-2-5-11-10(9)14/h8-9,13H,1-7H2,(H,11,14)/t8-,9?/m1/s1. The Bertz CT molecular complexity index is 220. The van der Waals surface area contributed by atoms with E-state index in [1.54, 1.807) is 0 Å². The van der Waals surface area contributed by atoms with E-state index < -0.39 is 0 Å². The van der Waals surface area contributed by atoms with Gasteiger partial charge in [-0.15, -0.1) is 0 Å². The monoisotopic (exact) mass is 198 g/mol. The maximum atomic E-state index is 11.7. The summed E-state index contributed by atoms with van der Waals surface area (Å²) in [5, 5.41) is 12.3. The minimum atomic E-state index is -0.231. The molecule has 0 radical (unpaired) electrons. The summed E-state index contributed by atoms with van der Waals surface area (Å²) in [4.78, 5) is 13.8. The van der Waals surface area contributed by atoms with Gasteiger partial charge in [-0.05, 0) is 25.7 Å². The number of hydrogen-bond donors (Lipinski definition) is 2. The van der Waals surface area contributed by atoms with Crippen molar-refractivity contribution >= 4 is 5.91 Å². The lowest BCUT2D eigenvalue weighted by Gasteiger charge is -2.24. The number of aliphatic hydroxyl groups is 1. The van der Waals surface area contributed by atoms with Crippen LogP contribution in [0.5, 0.6) is 0 Å². The van der Waals surface area contributed by atoms with Gasteiger partial charge in [0.2, 0.25) is 5.91 Å². The highest BCUT2D eigenvalue weighted by Crippen LogP contribution is 2.18. The zero-order chi connectivity index (χ0) is 9.97. The maximum Gasteiger partial charge on any atom is 0.237 e. The van der Waals surface area contributed by atoms with Crippen LogP contribution in [0.15, 0.2) is 0 Å². The summed E-state index contributed by atoms with van der Waals surface area (Å²) in [6, 6.07) is 0.00894. The molecular formula is C10H18N2O2. The first-order chi connectivity index (χ1) is 6.77. The summed E-state index contributed by atoms with van der Waals surface area (Å²) in [6.45, 7) is 2.34. The average Bonchev–Trinajstić information content (AvgIpc) is 2.46. The van der Waals surface area contributed by atoms with Crippen LogP contribution in [-0.4, -0.2) is 47.7 Å². The lowest BCUT2D eigenvalue weighted by molar-refractivity contribution is -0.125. The van der Waals surface area contributed by atoms with Crippen molar-refractivity contribution in [3.8, 4) is 0 Å². The molecule has 2 saturated heterocycles.